The van der Waals surface area contributed by atoms with Crippen LogP contribution in [0.4, 0.5) is 5.69 Å². The summed E-state index contributed by atoms with van der Waals surface area (Å²) >= 11 is 3.40. The van der Waals surface area contributed by atoms with Crippen LogP contribution in [0.25, 0.3) is 10.2 Å². The van der Waals surface area contributed by atoms with Gasteiger partial charge in [0.1, 0.15) is 0 Å². The van der Waals surface area contributed by atoms with E-state index in [4.69, 9.17) is 0 Å². The first-order valence-corrected chi connectivity index (χ1v) is 8.96. The highest BCUT2D eigenvalue weighted by atomic mass is 32.2. The van der Waals surface area contributed by atoms with E-state index in [2.05, 4.69) is 29.4 Å². The van der Waals surface area contributed by atoms with E-state index in [1.165, 1.54) is 4.90 Å². The molecule has 0 fully saturated rings. The number of amides is 1. The van der Waals surface area contributed by atoms with Crippen molar-refractivity contribution in [2.75, 3.05) is 11.1 Å². The van der Waals surface area contributed by atoms with Gasteiger partial charge in [-0.05, 0) is 41.6 Å². The van der Waals surface area contributed by atoms with Gasteiger partial charge in [-0.25, -0.2) is 4.98 Å². The van der Waals surface area contributed by atoms with Gasteiger partial charge in [0, 0.05) is 10.6 Å². The van der Waals surface area contributed by atoms with Crippen LogP contribution >= 0.6 is 23.1 Å². The highest BCUT2D eigenvalue weighted by Gasteiger charge is 2.06. The van der Waals surface area contributed by atoms with E-state index in [1.807, 2.05) is 35.8 Å². The number of carbonyl (C=O) groups is 1. The van der Waals surface area contributed by atoms with Crippen molar-refractivity contribution in [2.24, 2.45) is 0 Å². The molecule has 0 saturated heterocycles. The fourth-order valence-electron chi connectivity index (χ4n) is 2.20. The maximum Gasteiger partial charge on any atom is 0.228 e. The molecule has 0 aliphatic rings. The molecular weight excluding hydrogens is 312 g/mol. The number of hydrogen-bond donors (Lipinski definition) is 1. The van der Waals surface area contributed by atoms with Crippen LogP contribution in [0.2, 0.25) is 0 Å². The number of nitrogens with one attached hydrogen (secondary N) is 1. The molecule has 1 aromatic heterocycles. The molecule has 112 valence electrons. The van der Waals surface area contributed by atoms with Crippen molar-refractivity contribution in [3.8, 4) is 0 Å². The minimum absolute atomic E-state index is 0.00882. The summed E-state index contributed by atoms with van der Waals surface area (Å²) in [6, 6.07) is 14.0. The first-order valence-electron chi connectivity index (χ1n) is 7.09. The SMILES string of the molecule is CCSc1ccc(CC(=O)Nc2ccc3scnc3c2)cc1. The van der Waals surface area contributed by atoms with Gasteiger partial charge in [0.05, 0.1) is 22.1 Å². The Kier molecular flexibility index (Phi) is 4.75. The minimum Gasteiger partial charge on any atom is -0.326 e. The second-order valence-electron chi connectivity index (χ2n) is 4.84. The molecule has 0 aliphatic heterocycles. The standard InChI is InChI=1S/C17H16N2OS2/c1-2-21-14-6-3-12(4-7-14)9-17(20)19-13-5-8-16-15(10-13)18-11-22-16/h3-8,10-11H,2,9H2,1H3,(H,19,20). The molecule has 0 atom stereocenters. The van der Waals surface area contributed by atoms with Crippen molar-refractivity contribution in [3.63, 3.8) is 0 Å². The van der Waals surface area contributed by atoms with Gasteiger partial charge in [0.25, 0.3) is 0 Å². The lowest BCUT2D eigenvalue weighted by Crippen LogP contribution is -2.14. The van der Waals surface area contributed by atoms with Gasteiger partial charge in [-0.1, -0.05) is 19.1 Å². The molecule has 0 aliphatic carbocycles. The summed E-state index contributed by atoms with van der Waals surface area (Å²) in [5.41, 5.74) is 4.55. The molecule has 0 saturated carbocycles. The van der Waals surface area contributed by atoms with Gasteiger partial charge >= 0.3 is 0 Å². The average molecular weight is 328 g/mol. The Morgan fingerprint density at radius 3 is 2.82 bits per heavy atom. The zero-order chi connectivity index (χ0) is 15.4. The second-order valence-corrected chi connectivity index (χ2v) is 7.06. The highest BCUT2D eigenvalue weighted by molar-refractivity contribution is 7.99. The van der Waals surface area contributed by atoms with E-state index in [0.29, 0.717) is 6.42 Å². The maximum atomic E-state index is 12.1. The third-order valence-electron chi connectivity index (χ3n) is 3.21. The average Bonchev–Trinajstić information content (AvgIpc) is 2.97. The molecule has 1 N–H and O–H groups in total. The van der Waals surface area contributed by atoms with Crippen LogP contribution in [-0.4, -0.2) is 16.6 Å². The fraction of sp³-hybridized carbons (Fsp3) is 0.176. The van der Waals surface area contributed by atoms with Crippen LogP contribution in [0.5, 0.6) is 0 Å². The van der Waals surface area contributed by atoms with E-state index in [1.54, 1.807) is 23.1 Å². The largest absolute Gasteiger partial charge is 0.326 e. The number of nitrogens with zero attached hydrogens (tertiary/aromatic N) is 1. The van der Waals surface area contributed by atoms with Gasteiger partial charge < -0.3 is 5.32 Å². The van der Waals surface area contributed by atoms with Gasteiger partial charge in [-0.2, -0.15) is 0 Å². The van der Waals surface area contributed by atoms with Crippen LogP contribution in [0, 0.1) is 0 Å². The first kappa shape index (κ1) is 15.1. The lowest BCUT2D eigenvalue weighted by molar-refractivity contribution is -0.115. The van der Waals surface area contributed by atoms with E-state index in [-0.39, 0.29) is 5.91 Å². The number of thiazole rings is 1. The van der Waals surface area contributed by atoms with Crippen molar-refractivity contribution >= 4 is 44.9 Å². The van der Waals surface area contributed by atoms with Crippen LogP contribution in [0.15, 0.2) is 52.9 Å². The minimum atomic E-state index is -0.00882. The third-order valence-corrected chi connectivity index (χ3v) is 4.92. The van der Waals surface area contributed by atoms with Crippen molar-refractivity contribution in [1.82, 2.24) is 4.98 Å². The molecule has 0 bridgehead atoms. The highest BCUT2D eigenvalue weighted by Crippen LogP contribution is 2.22. The topological polar surface area (TPSA) is 42.0 Å². The van der Waals surface area contributed by atoms with Crippen LogP contribution in [-0.2, 0) is 11.2 Å². The molecule has 0 spiro atoms. The number of hydrogen-bond acceptors (Lipinski definition) is 4. The molecule has 0 unspecified atom stereocenters. The second kappa shape index (κ2) is 6.94. The lowest BCUT2D eigenvalue weighted by Gasteiger charge is -2.06. The summed E-state index contributed by atoms with van der Waals surface area (Å²) < 4.78 is 1.13. The zero-order valence-corrected chi connectivity index (χ0v) is 13.8. The smallest absolute Gasteiger partial charge is 0.228 e. The van der Waals surface area contributed by atoms with Crippen LogP contribution < -0.4 is 5.32 Å². The molecule has 3 aromatic rings. The van der Waals surface area contributed by atoms with Gasteiger partial charge in [0.2, 0.25) is 5.91 Å². The van der Waals surface area contributed by atoms with Gasteiger partial charge in [0.15, 0.2) is 0 Å². The summed E-state index contributed by atoms with van der Waals surface area (Å²) in [5.74, 6) is 1.05. The molecule has 22 heavy (non-hydrogen) atoms. The maximum absolute atomic E-state index is 12.1. The Bertz CT molecular complexity index is 781. The van der Waals surface area contributed by atoms with E-state index >= 15 is 0 Å². The number of aromatic nitrogens is 1. The summed E-state index contributed by atoms with van der Waals surface area (Å²) in [5, 5.41) is 2.93. The summed E-state index contributed by atoms with van der Waals surface area (Å²) in [6.07, 6.45) is 0.381. The molecule has 1 heterocycles. The van der Waals surface area contributed by atoms with E-state index in [9.17, 15) is 4.79 Å². The van der Waals surface area contributed by atoms with E-state index < -0.39 is 0 Å². The lowest BCUT2D eigenvalue weighted by atomic mass is 10.1. The van der Waals surface area contributed by atoms with Gasteiger partial charge in [-0.3, -0.25) is 4.79 Å². The molecular formula is C17H16N2OS2. The molecule has 0 radical (unpaired) electrons. The van der Waals surface area contributed by atoms with E-state index in [0.717, 1.165) is 27.2 Å². The number of rotatable bonds is 5. The molecule has 5 heteroatoms. The summed E-state index contributed by atoms with van der Waals surface area (Å²) in [6.45, 7) is 2.13. The number of thioether (sulfide) groups is 1. The first-order chi connectivity index (χ1) is 10.7. The van der Waals surface area contributed by atoms with Crippen LogP contribution in [0.1, 0.15) is 12.5 Å². The van der Waals surface area contributed by atoms with Gasteiger partial charge in [-0.15, -0.1) is 23.1 Å². The normalized spacial score (nSPS) is 10.8. The third kappa shape index (κ3) is 3.67. The monoisotopic (exact) mass is 328 g/mol. The Hall–Kier alpha value is -1.85. The Morgan fingerprint density at radius 2 is 2.05 bits per heavy atom. The molecule has 1 amide bonds. The fourth-order valence-corrected chi connectivity index (χ4v) is 3.52. The molecule has 2 aromatic carbocycles. The summed E-state index contributed by atoms with van der Waals surface area (Å²) in [4.78, 5) is 17.6. The Morgan fingerprint density at radius 1 is 1.23 bits per heavy atom. The predicted octanol–water partition coefficient (Wildman–Crippen LogP) is 4.59. The molecule has 3 rings (SSSR count). The van der Waals surface area contributed by atoms with Crippen LogP contribution in [0.3, 0.4) is 0 Å². The zero-order valence-electron chi connectivity index (χ0n) is 12.2. The number of anilines is 1. The van der Waals surface area contributed by atoms with Crippen molar-refractivity contribution in [3.05, 3.63) is 53.5 Å². The number of benzene rings is 2. The Balaban J connectivity index is 1.63. The Labute approximate surface area is 137 Å². The van der Waals surface area contributed by atoms with Crippen molar-refractivity contribution < 1.29 is 4.79 Å². The van der Waals surface area contributed by atoms with Crippen molar-refractivity contribution in [2.45, 2.75) is 18.2 Å². The molecule has 3 nitrogen and oxygen atoms in total. The quantitative estimate of drug-likeness (QED) is 0.697. The predicted molar refractivity (Wildman–Crippen MR) is 94.8 cm³/mol. The number of carbonyl (C=O) groups excluding carboxylic acids is 1. The summed E-state index contributed by atoms with van der Waals surface area (Å²) in [7, 11) is 0. The van der Waals surface area contributed by atoms with Crippen molar-refractivity contribution in [1.29, 1.82) is 0 Å². The number of fused-ring (bicyclic) bond motifs is 1.